The first-order valence-corrected chi connectivity index (χ1v) is 6.79. The molecule has 4 heteroatoms. The number of carbonyl (C=O) groups is 1. The molecular formula is C13H19NO2S. The highest BCUT2D eigenvalue weighted by Crippen LogP contribution is 2.50. The Morgan fingerprint density at radius 1 is 1.65 bits per heavy atom. The lowest BCUT2D eigenvalue weighted by molar-refractivity contribution is -0.124. The normalized spacial score (nSPS) is 23.5. The average molecular weight is 253 g/mol. The van der Waals surface area contributed by atoms with Crippen LogP contribution in [0.3, 0.4) is 0 Å². The van der Waals surface area contributed by atoms with Crippen LogP contribution in [0.4, 0.5) is 0 Å². The second-order valence-corrected chi connectivity index (χ2v) is 6.40. The molecule has 1 aromatic rings. The second kappa shape index (κ2) is 4.42. The molecule has 2 N–H and O–H groups in total. The van der Waals surface area contributed by atoms with Crippen LogP contribution in [-0.2, 0) is 4.79 Å². The van der Waals surface area contributed by atoms with Crippen LogP contribution >= 0.6 is 11.3 Å². The Balaban J connectivity index is 1.95. The maximum absolute atomic E-state index is 12.0. The van der Waals surface area contributed by atoms with Crippen LogP contribution < -0.4 is 5.32 Å². The van der Waals surface area contributed by atoms with E-state index in [-0.39, 0.29) is 18.4 Å². The number of rotatable bonds is 4. The van der Waals surface area contributed by atoms with E-state index < -0.39 is 5.54 Å². The maximum atomic E-state index is 12.0. The molecule has 3 nitrogen and oxygen atoms in total. The SMILES string of the molecule is Cc1ccsc1[C@@H]1C[C@@H]1C(=O)NC(C)(C)CO. The summed E-state index contributed by atoms with van der Waals surface area (Å²) in [6.45, 7) is 5.72. The van der Waals surface area contributed by atoms with Gasteiger partial charge in [-0.25, -0.2) is 0 Å². The van der Waals surface area contributed by atoms with Crippen molar-refractivity contribution in [2.45, 2.75) is 38.6 Å². The van der Waals surface area contributed by atoms with Gasteiger partial charge in [-0.1, -0.05) is 0 Å². The summed E-state index contributed by atoms with van der Waals surface area (Å²) in [6.07, 6.45) is 0.939. The Hall–Kier alpha value is -0.870. The topological polar surface area (TPSA) is 49.3 Å². The molecule has 1 aliphatic carbocycles. The summed E-state index contributed by atoms with van der Waals surface area (Å²) in [5.41, 5.74) is 0.769. The lowest BCUT2D eigenvalue weighted by Crippen LogP contribution is -2.47. The van der Waals surface area contributed by atoms with Gasteiger partial charge in [-0.15, -0.1) is 11.3 Å². The third-order valence-corrected chi connectivity index (χ3v) is 4.37. The van der Waals surface area contributed by atoms with Gasteiger partial charge in [-0.3, -0.25) is 4.79 Å². The molecule has 94 valence electrons. The molecule has 1 aliphatic rings. The minimum absolute atomic E-state index is 0.0336. The Morgan fingerprint density at radius 3 is 2.88 bits per heavy atom. The van der Waals surface area contributed by atoms with Gasteiger partial charge in [0.1, 0.15) is 0 Å². The summed E-state index contributed by atoms with van der Waals surface area (Å²) in [7, 11) is 0. The van der Waals surface area contributed by atoms with Crippen LogP contribution in [0.1, 0.15) is 36.6 Å². The summed E-state index contributed by atoms with van der Waals surface area (Å²) < 4.78 is 0. The van der Waals surface area contributed by atoms with E-state index in [1.807, 2.05) is 13.8 Å². The van der Waals surface area contributed by atoms with E-state index >= 15 is 0 Å². The van der Waals surface area contributed by atoms with E-state index in [4.69, 9.17) is 5.11 Å². The van der Waals surface area contributed by atoms with Crippen molar-refractivity contribution in [3.05, 3.63) is 21.9 Å². The first-order chi connectivity index (χ1) is 7.94. The Bertz CT molecular complexity index is 425. The second-order valence-electron chi connectivity index (χ2n) is 5.45. The minimum Gasteiger partial charge on any atom is -0.394 e. The third-order valence-electron chi connectivity index (χ3n) is 3.22. The molecule has 1 aromatic heterocycles. The number of aliphatic hydroxyl groups is 1. The number of hydrogen-bond donors (Lipinski definition) is 2. The molecular weight excluding hydrogens is 234 g/mol. The monoisotopic (exact) mass is 253 g/mol. The molecule has 0 bridgehead atoms. The summed E-state index contributed by atoms with van der Waals surface area (Å²) in [5, 5.41) is 14.1. The lowest BCUT2D eigenvalue weighted by Gasteiger charge is -2.23. The number of nitrogens with one attached hydrogen (secondary N) is 1. The fraction of sp³-hybridized carbons (Fsp3) is 0.615. The molecule has 0 aliphatic heterocycles. The smallest absolute Gasteiger partial charge is 0.224 e. The highest BCUT2D eigenvalue weighted by atomic mass is 32.1. The van der Waals surface area contributed by atoms with Crippen molar-refractivity contribution in [2.24, 2.45) is 5.92 Å². The maximum Gasteiger partial charge on any atom is 0.224 e. The number of amides is 1. The largest absolute Gasteiger partial charge is 0.394 e. The van der Waals surface area contributed by atoms with Crippen LogP contribution in [0.25, 0.3) is 0 Å². The van der Waals surface area contributed by atoms with E-state index in [0.717, 1.165) is 6.42 Å². The molecule has 0 radical (unpaired) electrons. The van der Waals surface area contributed by atoms with E-state index in [2.05, 4.69) is 23.7 Å². The number of aryl methyl sites for hydroxylation is 1. The molecule has 17 heavy (non-hydrogen) atoms. The van der Waals surface area contributed by atoms with Crippen LogP contribution in [-0.4, -0.2) is 23.2 Å². The molecule has 0 aromatic carbocycles. The van der Waals surface area contributed by atoms with Gasteiger partial charge in [0.2, 0.25) is 5.91 Å². The molecule has 1 heterocycles. The molecule has 0 saturated heterocycles. The minimum atomic E-state index is -0.519. The Morgan fingerprint density at radius 2 is 2.35 bits per heavy atom. The van der Waals surface area contributed by atoms with Crippen molar-refractivity contribution < 1.29 is 9.90 Å². The highest BCUT2D eigenvalue weighted by molar-refractivity contribution is 7.10. The van der Waals surface area contributed by atoms with E-state index in [9.17, 15) is 4.79 Å². The highest BCUT2D eigenvalue weighted by Gasteiger charge is 2.46. The van der Waals surface area contributed by atoms with Crippen molar-refractivity contribution in [1.82, 2.24) is 5.32 Å². The summed E-state index contributed by atoms with van der Waals surface area (Å²) >= 11 is 1.74. The zero-order valence-electron chi connectivity index (χ0n) is 10.5. The summed E-state index contributed by atoms with van der Waals surface area (Å²) in [6, 6.07) is 2.10. The number of carbonyl (C=O) groups excluding carboxylic acids is 1. The van der Waals surface area contributed by atoms with Crippen molar-refractivity contribution in [3.8, 4) is 0 Å². The van der Waals surface area contributed by atoms with Crippen LogP contribution in [0, 0.1) is 12.8 Å². The first kappa shape index (κ1) is 12.6. The summed E-state index contributed by atoms with van der Waals surface area (Å²) in [4.78, 5) is 13.3. The van der Waals surface area contributed by atoms with Crippen molar-refractivity contribution in [3.63, 3.8) is 0 Å². The van der Waals surface area contributed by atoms with Gasteiger partial charge >= 0.3 is 0 Å². The predicted molar refractivity (Wildman–Crippen MR) is 69.2 cm³/mol. The zero-order valence-corrected chi connectivity index (χ0v) is 11.3. The van der Waals surface area contributed by atoms with Gasteiger partial charge in [0.15, 0.2) is 0 Å². The van der Waals surface area contributed by atoms with E-state index in [0.29, 0.717) is 5.92 Å². The van der Waals surface area contributed by atoms with Gasteiger partial charge in [0.25, 0.3) is 0 Å². The van der Waals surface area contributed by atoms with E-state index in [1.54, 1.807) is 11.3 Å². The third kappa shape index (κ3) is 2.69. The van der Waals surface area contributed by atoms with Crippen molar-refractivity contribution in [1.29, 1.82) is 0 Å². The molecule has 0 unspecified atom stereocenters. The van der Waals surface area contributed by atoms with Crippen LogP contribution in [0.5, 0.6) is 0 Å². The van der Waals surface area contributed by atoms with Crippen molar-refractivity contribution >= 4 is 17.2 Å². The number of thiophene rings is 1. The fourth-order valence-corrected chi connectivity index (χ4v) is 3.11. The van der Waals surface area contributed by atoms with Gasteiger partial charge < -0.3 is 10.4 Å². The first-order valence-electron chi connectivity index (χ1n) is 5.91. The van der Waals surface area contributed by atoms with Crippen LogP contribution in [0.2, 0.25) is 0 Å². The van der Waals surface area contributed by atoms with Gasteiger partial charge in [-0.05, 0) is 44.2 Å². The average Bonchev–Trinajstić information content (AvgIpc) is 2.95. The fourth-order valence-electron chi connectivity index (χ4n) is 2.00. The molecule has 2 atom stereocenters. The molecule has 1 fully saturated rings. The quantitative estimate of drug-likeness (QED) is 0.863. The van der Waals surface area contributed by atoms with Gasteiger partial charge in [0.05, 0.1) is 12.1 Å². The van der Waals surface area contributed by atoms with Gasteiger partial charge in [-0.2, -0.15) is 0 Å². The Kier molecular flexibility index (Phi) is 3.27. The lowest BCUT2D eigenvalue weighted by atomic mass is 10.1. The molecule has 2 rings (SSSR count). The Labute approximate surface area is 106 Å². The molecule has 1 amide bonds. The zero-order chi connectivity index (χ0) is 12.6. The van der Waals surface area contributed by atoms with E-state index in [1.165, 1.54) is 10.4 Å². The standard InChI is InChI=1S/C13H19NO2S/c1-8-4-5-17-11(8)9-6-10(9)12(16)14-13(2,3)7-15/h4-5,9-10,15H,6-7H2,1-3H3,(H,14,16)/t9-,10+/m1/s1. The van der Waals surface area contributed by atoms with Crippen LogP contribution in [0.15, 0.2) is 11.4 Å². The predicted octanol–water partition coefficient (Wildman–Crippen LogP) is 2.05. The molecule has 0 spiro atoms. The summed E-state index contributed by atoms with van der Waals surface area (Å²) in [5.74, 6) is 0.560. The van der Waals surface area contributed by atoms with Gasteiger partial charge in [0, 0.05) is 16.7 Å². The van der Waals surface area contributed by atoms with Crippen molar-refractivity contribution in [2.75, 3.05) is 6.61 Å². The number of hydrogen-bond acceptors (Lipinski definition) is 3. The number of aliphatic hydroxyl groups excluding tert-OH is 1. The molecule has 1 saturated carbocycles.